The molecule has 2 heterocycles. The first-order valence-corrected chi connectivity index (χ1v) is 9.54. The number of halogens is 1. The Morgan fingerprint density at radius 1 is 1.17 bits per heavy atom. The topological polar surface area (TPSA) is 35.6 Å². The van der Waals surface area contributed by atoms with E-state index in [0.717, 1.165) is 43.1 Å². The Kier molecular flexibility index (Phi) is 6.01. The highest BCUT2D eigenvalue weighted by molar-refractivity contribution is 6.31. The fraction of sp³-hybridized carbons (Fsp3) is 0.632. The zero-order valence-corrected chi connectivity index (χ0v) is 15.3. The number of hydrogen-bond acceptors (Lipinski definition) is 2. The number of nitrogens with one attached hydrogen (secondary N) is 1. The predicted molar refractivity (Wildman–Crippen MR) is 99.8 cm³/mol. The number of urea groups is 1. The maximum atomic E-state index is 12.5. The molecule has 24 heavy (non-hydrogen) atoms. The summed E-state index contributed by atoms with van der Waals surface area (Å²) in [6.45, 7) is 7.36. The Morgan fingerprint density at radius 2 is 1.88 bits per heavy atom. The molecule has 0 spiro atoms. The van der Waals surface area contributed by atoms with E-state index in [9.17, 15) is 4.79 Å². The number of piperidine rings is 2. The molecule has 0 radical (unpaired) electrons. The molecule has 2 amide bonds. The van der Waals surface area contributed by atoms with E-state index in [0.29, 0.717) is 5.02 Å². The lowest BCUT2D eigenvalue weighted by atomic mass is 9.95. The van der Waals surface area contributed by atoms with E-state index < -0.39 is 0 Å². The van der Waals surface area contributed by atoms with Crippen molar-refractivity contribution in [1.82, 2.24) is 9.80 Å². The number of carbonyl (C=O) groups excluding carboxylic acids is 1. The number of hydrogen-bond donors (Lipinski definition) is 1. The third-order valence-electron chi connectivity index (χ3n) is 5.38. The summed E-state index contributed by atoms with van der Waals surface area (Å²) >= 11 is 6.13. The lowest BCUT2D eigenvalue weighted by molar-refractivity contribution is 0.142. The minimum Gasteiger partial charge on any atom is -0.325 e. The van der Waals surface area contributed by atoms with Crippen LogP contribution in [0.25, 0.3) is 0 Å². The fourth-order valence-corrected chi connectivity index (χ4v) is 3.94. The standard InChI is InChI=1S/C19H28ClN3O/c1-15-17(20)6-5-7-18(15)21-19(24)23-12-8-16(9-13-23)14-22-10-3-2-4-11-22/h5-7,16H,2-4,8-14H2,1H3,(H,21,24). The van der Waals surface area contributed by atoms with E-state index >= 15 is 0 Å². The molecule has 0 aromatic heterocycles. The van der Waals surface area contributed by atoms with Crippen molar-refractivity contribution in [3.8, 4) is 0 Å². The average Bonchev–Trinajstić information content (AvgIpc) is 2.60. The summed E-state index contributed by atoms with van der Waals surface area (Å²) < 4.78 is 0. The van der Waals surface area contributed by atoms with Gasteiger partial charge in [-0.25, -0.2) is 4.79 Å². The molecule has 2 aliphatic heterocycles. The molecule has 0 unspecified atom stereocenters. The van der Waals surface area contributed by atoms with Gasteiger partial charge in [-0.3, -0.25) is 0 Å². The maximum Gasteiger partial charge on any atom is 0.321 e. The first kappa shape index (κ1) is 17.6. The van der Waals surface area contributed by atoms with Crippen LogP contribution in [0.5, 0.6) is 0 Å². The Labute approximate surface area is 150 Å². The monoisotopic (exact) mass is 349 g/mol. The fourth-order valence-electron chi connectivity index (χ4n) is 3.76. The third-order valence-corrected chi connectivity index (χ3v) is 5.79. The second-order valence-corrected chi connectivity index (χ2v) is 7.54. The molecule has 0 aliphatic carbocycles. The van der Waals surface area contributed by atoms with Crippen molar-refractivity contribution in [3.05, 3.63) is 28.8 Å². The minimum atomic E-state index is -0.00297. The lowest BCUT2D eigenvalue weighted by Gasteiger charge is -2.36. The summed E-state index contributed by atoms with van der Waals surface area (Å²) in [5.41, 5.74) is 1.73. The molecular formula is C19H28ClN3O. The quantitative estimate of drug-likeness (QED) is 0.879. The van der Waals surface area contributed by atoms with Gasteiger partial charge in [0.25, 0.3) is 0 Å². The van der Waals surface area contributed by atoms with Gasteiger partial charge in [0, 0.05) is 30.3 Å². The van der Waals surface area contributed by atoms with Gasteiger partial charge < -0.3 is 15.1 Å². The van der Waals surface area contributed by atoms with Crippen molar-refractivity contribution in [1.29, 1.82) is 0 Å². The van der Waals surface area contributed by atoms with E-state index in [1.165, 1.54) is 38.9 Å². The van der Waals surface area contributed by atoms with E-state index in [-0.39, 0.29) is 6.03 Å². The molecule has 2 fully saturated rings. The highest BCUT2D eigenvalue weighted by Gasteiger charge is 2.25. The van der Waals surface area contributed by atoms with Gasteiger partial charge in [-0.15, -0.1) is 0 Å². The van der Waals surface area contributed by atoms with E-state index in [2.05, 4.69) is 10.2 Å². The Morgan fingerprint density at radius 3 is 2.58 bits per heavy atom. The number of nitrogens with zero attached hydrogens (tertiary/aromatic N) is 2. The van der Waals surface area contributed by atoms with Gasteiger partial charge in [0.05, 0.1) is 0 Å². The van der Waals surface area contributed by atoms with Gasteiger partial charge in [0.15, 0.2) is 0 Å². The summed E-state index contributed by atoms with van der Waals surface area (Å²) in [5.74, 6) is 0.736. The van der Waals surface area contributed by atoms with Gasteiger partial charge in [-0.05, 0) is 69.3 Å². The Balaban J connectivity index is 1.47. The van der Waals surface area contributed by atoms with Crippen LogP contribution in [0.3, 0.4) is 0 Å². The van der Waals surface area contributed by atoms with Gasteiger partial charge in [0.1, 0.15) is 0 Å². The normalized spacial score (nSPS) is 20.2. The van der Waals surface area contributed by atoms with Crippen LogP contribution in [0.4, 0.5) is 10.5 Å². The van der Waals surface area contributed by atoms with Crippen LogP contribution >= 0.6 is 11.6 Å². The molecule has 5 heteroatoms. The van der Waals surface area contributed by atoms with Crippen LogP contribution < -0.4 is 5.32 Å². The van der Waals surface area contributed by atoms with Crippen LogP contribution in [0, 0.1) is 12.8 Å². The van der Waals surface area contributed by atoms with Crippen molar-refractivity contribution in [2.24, 2.45) is 5.92 Å². The smallest absolute Gasteiger partial charge is 0.321 e. The van der Waals surface area contributed by atoms with Crippen LogP contribution in [0.15, 0.2) is 18.2 Å². The molecule has 1 aromatic rings. The highest BCUT2D eigenvalue weighted by atomic mass is 35.5. The second kappa shape index (κ2) is 8.21. The molecule has 0 bridgehead atoms. The molecule has 132 valence electrons. The van der Waals surface area contributed by atoms with Crippen molar-refractivity contribution < 1.29 is 4.79 Å². The van der Waals surface area contributed by atoms with Gasteiger partial charge in [-0.1, -0.05) is 24.1 Å². The summed E-state index contributed by atoms with van der Waals surface area (Å²) in [5, 5.41) is 3.70. The zero-order valence-electron chi connectivity index (χ0n) is 14.6. The number of amides is 2. The first-order chi connectivity index (χ1) is 11.6. The molecular weight excluding hydrogens is 322 g/mol. The van der Waals surface area contributed by atoms with Crippen molar-refractivity contribution >= 4 is 23.3 Å². The predicted octanol–water partition coefficient (Wildman–Crippen LogP) is 4.38. The number of benzene rings is 1. The number of carbonyl (C=O) groups is 1. The summed E-state index contributed by atoms with van der Waals surface area (Å²) in [6, 6.07) is 5.62. The molecule has 2 aliphatic rings. The van der Waals surface area contributed by atoms with Gasteiger partial charge in [0.2, 0.25) is 0 Å². The summed E-state index contributed by atoms with van der Waals surface area (Å²) in [6.07, 6.45) is 6.30. The average molecular weight is 350 g/mol. The SMILES string of the molecule is Cc1c(Cl)cccc1NC(=O)N1CCC(CN2CCCCC2)CC1. The molecule has 0 atom stereocenters. The van der Waals surface area contributed by atoms with Gasteiger partial charge in [-0.2, -0.15) is 0 Å². The molecule has 1 N–H and O–H groups in total. The summed E-state index contributed by atoms with van der Waals surface area (Å²) in [4.78, 5) is 17.0. The first-order valence-electron chi connectivity index (χ1n) is 9.17. The van der Waals surface area contributed by atoms with Gasteiger partial charge >= 0.3 is 6.03 Å². The highest BCUT2D eigenvalue weighted by Crippen LogP contribution is 2.25. The zero-order chi connectivity index (χ0) is 16.9. The lowest BCUT2D eigenvalue weighted by Crippen LogP contribution is -2.44. The Bertz CT molecular complexity index is 564. The molecule has 1 aromatic carbocycles. The Hall–Kier alpha value is -1.26. The molecule has 2 saturated heterocycles. The largest absolute Gasteiger partial charge is 0.325 e. The summed E-state index contributed by atoms with van der Waals surface area (Å²) in [7, 11) is 0. The number of rotatable bonds is 3. The van der Waals surface area contributed by atoms with Crippen molar-refractivity contribution in [2.45, 2.75) is 39.0 Å². The van der Waals surface area contributed by atoms with Crippen LogP contribution in [0.2, 0.25) is 5.02 Å². The van der Waals surface area contributed by atoms with Crippen molar-refractivity contribution in [2.75, 3.05) is 38.0 Å². The molecule has 0 saturated carbocycles. The van der Waals surface area contributed by atoms with Crippen LogP contribution in [-0.2, 0) is 0 Å². The molecule has 3 rings (SSSR count). The second-order valence-electron chi connectivity index (χ2n) is 7.13. The van der Waals surface area contributed by atoms with Crippen LogP contribution in [0.1, 0.15) is 37.7 Å². The molecule has 4 nitrogen and oxygen atoms in total. The number of anilines is 1. The van der Waals surface area contributed by atoms with E-state index in [4.69, 9.17) is 11.6 Å². The van der Waals surface area contributed by atoms with Crippen molar-refractivity contribution in [3.63, 3.8) is 0 Å². The third kappa shape index (κ3) is 4.42. The van der Waals surface area contributed by atoms with E-state index in [1.54, 1.807) is 0 Å². The maximum absolute atomic E-state index is 12.5. The number of likely N-dealkylation sites (tertiary alicyclic amines) is 2. The minimum absolute atomic E-state index is 0.00297. The van der Waals surface area contributed by atoms with Crippen LogP contribution in [-0.4, -0.2) is 48.6 Å². The van der Waals surface area contributed by atoms with E-state index in [1.807, 2.05) is 30.0 Å².